The highest BCUT2D eigenvalue weighted by atomic mass is 36.0. The number of aromatic amines is 4. The zero-order valence-electron chi connectivity index (χ0n) is 49.6. The number of halogens is 3. The van der Waals surface area contributed by atoms with E-state index in [2.05, 4.69) is 66.9 Å². The Morgan fingerprint density at radius 2 is 0.791 bits per heavy atom. The molecule has 4 heterocycles. The number of H-pyrrole nitrogens is 4. The summed E-state index contributed by atoms with van der Waals surface area (Å²) in [6.07, 6.45) is 25.7. The van der Waals surface area contributed by atoms with E-state index in [0.717, 1.165) is 145 Å². The van der Waals surface area contributed by atoms with Crippen LogP contribution < -0.4 is 30.6 Å². The topological polar surface area (TPSA) is 250 Å². The summed E-state index contributed by atoms with van der Waals surface area (Å²) in [5.41, 5.74) is 14.9. The maximum Gasteiger partial charge on any atom is 0.211 e. The molecule has 12 aliphatic carbocycles. The fourth-order valence-electron chi connectivity index (χ4n) is 18.2. The number of aliphatic hydroxyl groups excluding tert-OH is 1. The van der Waals surface area contributed by atoms with Crippen LogP contribution in [-0.2, 0) is 34.8 Å². The summed E-state index contributed by atoms with van der Waals surface area (Å²) in [7, 11) is 12.3. The number of nitrogens with two attached hydrogens (primary N) is 1. The van der Waals surface area contributed by atoms with E-state index in [1.807, 2.05) is 60.7 Å². The van der Waals surface area contributed by atoms with Crippen LogP contribution in [0.5, 0.6) is 23.0 Å². The van der Waals surface area contributed by atoms with Crippen LogP contribution in [0.15, 0.2) is 72.8 Å². The number of rotatable bonds is 11. The lowest BCUT2D eigenvalue weighted by Crippen LogP contribution is -2.58. The molecule has 20 rings (SSSR count). The lowest BCUT2D eigenvalue weighted by atomic mass is 9.53. The molecule has 12 fully saturated rings. The molecule has 86 heavy (non-hydrogen) atoms. The highest BCUT2D eigenvalue weighted by Crippen LogP contribution is 2.57. The van der Waals surface area contributed by atoms with Crippen LogP contribution in [0.1, 0.15) is 139 Å². The molecule has 0 amide bonds. The van der Waals surface area contributed by atoms with E-state index in [9.17, 15) is 5.11 Å². The van der Waals surface area contributed by atoms with Crippen LogP contribution in [0.2, 0.25) is 0 Å². The molecule has 12 bridgehead atoms. The van der Waals surface area contributed by atoms with Crippen molar-refractivity contribution in [2.24, 2.45) is 59.0 Å². The molecule has 8 aromatic rings. The number of phenolic OH excluding ortho intramolecular Hbond substituents is 1. The number of aliphatic hydroxyl groups is 1. The van der Waals surface area contributed by atoms with Crippen LogP contribution in [0, 0.1) is 53.3 Å². The first-order valence-electron chi connectivity index (χ1n) is 31.0. The molecule has 0 radical (unpaired) electrons. The zero-order chi connectivity index (χ0) is 59.7. The highest BCUT2D eigenvalue weighted by Gasteiger charge is 2.52. The predicted molar refractivity (Wildman–Crippen MR) is 342 cm³/mol. The van der Waals surface area contributed by atoms with Crippen LogP contribution in [0.25, 0.3) is 44.1 Å². The van der Waals surface area contributed by atoms with Gasteiger partial charge in [0.2, 0.25) is 9.23 Å². The van der Waals surface area contributed by atoms with Gasteiger partial charge in [0.05, 0.1) is 84.4 Å². The lowest BCUT2D eigenvalue weighted by Gasteiger charge is -2.57. The Morgan fingerprint density at radius 1 is 0.500 bits per heavy atom. The van der Waals surface area contributed by atoms with E-state index in [1.54, 1.807) is 33.5 Å². The first-order chi connectivity index (χ1) is 41.5. The van der Waals surface area contributed by atoms with Crippen molar-refractivity contribution in [1.29, 1.82) is 0 Å². The second kappa shape index (κ2) is 26.1. The minimum atomic E-state index is -1.67. The molecule has 10 N–H and O–H groups in total. The van der Waals surface area contributed by atoms with Crippen LogP contribution in [0.3, 0.4) is 0 Å². The smallest absolute Gasteiger partial charge is 0.211 e. The Hall–Kier alpha value is -5.18. The molecule has 0 atom stereocenters. The van der Waals surface area contributed by atoms with Crippen molar-refractivity contribution in [3.63, 3.8) is 0 Å². The number of hydrogen-bond donors (Lipinski definition) is 9. The third-order valence-electron chi connectivity index (χ3n) is 20.4. The average Bonchev–Trinajstić information content (AvgIpc) is 1.32. The molecule has 0 spiro atoms. The van der Waals surface area contributed by atoms with Gasteiger partial charge in [-0.05, 0) is 217 Å². The summed E-state index contributed by atoms with van der Waals surface area (Å²) in [5.74, 6) is 15.4. The number of ether oxygens (including phenoxy) is 3. The van der Waals surface area contributed by atoms with E-state index in [4.69, 9.17) is 45.8 Å². The monoisotopic (exact) mass is 1250 g/mol. The van der Waals surface area contributed by atoms with Crippen molar-refractivity contribution in [3.8, 4) is 23.0 Å². The van der Waals surface area contributed by atoms with E-state index < -0.39 is 9.23 Å². The molecule has 17 nitrogen and oxygen atoms in total. The Kier molecular flexibility index (Phi) is 18.5. The van der Waals surface area contributed by atoms with Crippen molar-refractivity contribution in [1.82, 2.24) is 50.5 Å². The number of imidazole rings is 4. The summed E-state index contributed by atoms with van der Waals surface area (Å²) in [6, 6.07) is 22.6. The van der Waals surface area contributed by atoms with Gasteiger partial charge in [0.25, 0.3) is 0 Å². The summed E-state index contributed by atoms with van der Waals surface area (Å²) in [4.78, 5) is 30.6. The predicted octanol–water partition coefficient (Wildman–Crippen LogP) is 13.3. The molecule has 462 valence electrons. The van der Waals surface area contributed by atoms with E-state index >= 15 is 0 Å². The Morgan fingerprint density at radius 3 is 1.12 bits per heavy atom. The number of nitrogens with one attached hydrogen (secondary N) is 6. The SMILES string of the molecule is COc1ccc2nc(CCl)[nH]c2c1.COc1ccc2nc(CNC34CC5CC(CC(C5)C3)C4)[nH]c2c1.COc1ccc2nc(CO)[nH]c2c1.NC12CC3CC(CC(C3)C1)C2.O=S(Cl)Cl.Oc1ccc2nc(CNC34CC5CC(CC(C5)C3)C4)[nH]c2c1. The number of phenols is 1. The molecule has 4 aromatic carbocycles. The molecule has 0 aliphatic heterocycles. The number of aromatic nitrogens is 8. The molecule has 12 saturated carbocycles. The minimum absolute atomic E-state index is 0.0724. The van der Waals surface area contributed by atoms with E-state index in [0.29, 0.717) is 28.3 Å². The number of hydrogen-bond acceptors (Lipinski definition) is 13. The Balaban J connectivity index is 0.000000107. The standard InChI is InChI=1S/C19H25N3O.C18H23N3O.C10H17N.C9H9ClN2O.C9H10N2O2.Cl2OS/c1-23-15-2-3-16-17(7-15)22-18(21-16)11-20-19-8-12-4-13(9-19)6-14(5-12)10-19;22-14-1-2-15-16(6-14)21-17(20-15)10-19-18-7-11-3-12(8-18)5-13(4-11)9-18;11-10-4-7-1-8(5-10)3-9(2-7)6-10;1-13-6-2-3-7-8(4-6)12-9(5-10)11-7;1-13-6-2-3-7-8(4-6)11-9(5-12)10-7;1-4(2)3/h2-3,7,12-14,20H,4-6,8-11H2,1H3,(H,21,22);1-2,6,11-13,19,22H,3-5,7-10H2,(H,20,21);7-9H,1-6,11H2;2-4H,5H2,1H3,(H,11,12);2-4,12H,5H2,1H3,(H,10,11);. The van der Waals surface area contributed by atoms with Crippen molar-refractivity contribution >= 4 is 86.3 Å². The second-order valence-electron chi connectivity index (χ2n) is 26.9. The van der Waals surface area contributed by atoms with Crippen LogP contribution >= 0.6 is 33.0 Å². The van der Waals surface area contributed by atoms with Crippen molar-refractivity contribution in [2.75, 3.05) is 21.3 Å². The van der Waals surface area contributed by atoms with Gasteiger partial charge in [0.1, 0.15) is 52.9 Å². The van der Waals surface area contributed by atoms with Gasteiger partial charge in [-0.15, -0.1) is 11.6 Å². The third-order valence-corrected chi connectivity index (χ3v) is 20.7. The first-order valence-corrected chi connectivity index (χ1v) is 34.3. The summed E-state index contributed by atoms with van der Waals surface area (Å²) in [6.45, 7) is 1.59. The largest absolute Gasteiger partial charge is 0.508 e. The quantitative estimate of drug-likeness (QED) is 0.0432. The molecule has 21 heteroatoms. The van der Waals surface area contributed by atoms with Crippen molar-refractivity contribution in [3.05, 3.63) is 96.1 Å². The minimum Gasteiger partial charge on any atom is -0.508 e. The molecular weight excluding hydrogens is 1170 g/mol. The number of alkyl halides is 1. The van der Waals surface area contributed by atoms with Gasteiger partial charge in [-0.3, -0.25) is 0 Å². The van der Waals surface area contributed by atoms with Crippen LogP contribution in [-0.4, -0.2) is 92.2 Å². The fraction of sp³-hybridized carbons (Fsp3) is 0.569. The number of benzene rings is 4. The van der Waals surface area contributed by atoms with Gasteiger partial charge in [-0.1, -0.05) is 0 Å². The number of nitrogens with zero attached hydrogens (tertiary/aromatic N) is 4. The summed E-state index contributed by atoms with van der Waals surface area (Å²) >= 11 is 5.65. The molecule has 12 aliphatic rings. The molecule has 0 saturated heterocycles. The van der Waals surface area contributed by atoms with Crippen molar-refractivity contribution in [2.45, 2.75) is 158 Å². The van der Waals surface area contributed by atoms with Gasteiger partial charge >= 0.3 is 0 Å². The average molecular weight is 1250 g/mol. The number of fused-ring (bicyclic) bond motifs is 4. The fourth-order valence-corrected chi connectivity index (χ4v) is 18.4. The maximum absolute atomic E-state index is 9.56. The summed E-state index contributed by atoms with van der Waals surface area (Å²) in [5, 5.41) is 26.2. The Labute approximate surface area is 519 Å². The molecule has 4 aromatic heterocycles. The number of methoxy groups -OCH3 is 3. The van der Waals surface area contributed by atoms with Gasteiger partial charge in [0.15, 0.2) is 0 Å². The highest BCUT2D eigenvalue weighted by molar-refractivity contribution is 8.26. The first kappa shape index (κ1) is 61.1. The lowest BCUT2D eigenvalue weighted by molar-refractivity contribution is -0.0210. The zero-order valence-corrected chi connectivity index (χ0v) is 52.7. The van der Waals surface area contributed by atoms with Gasteiger partial charge in [0, 0.05) is 62.2 Å². The van der Waals surface area contributed by atoms with Gasteiger partial charge < -0.3 is 60.7 Å². The number of aromatic hydroxyl groups is 1. The van der Waals surface area contributed by atoms with Gasteiger partial charge in [-0.2, -0.15) is 0 Å². The summed E-state index contributed by atoms with van der Waals surface area (Å²) < 4.78 is 24.5. The Bertz CT molecular complexity index is 3440. The van der Waals surface area contributed by atoms with E-state index in [1.165, 1.54) is 116 Å². The normalized spacial score (nSPS) is 30.0. The maximum atomic E-state index is 9.56. The molecule has 0 unspecified atom stereocenters. The van der Waals surface area contributed by atoms with Crippen LogP contribution in [0.4, 0.5) is 0 Å². The van der Waals surface area contributed by atoms with Crippen molar-refractivity contribution < 1.29 is 28.6 Å². The van der Waals surface area contributed by atoms with E-state index in [-0.39, 0.29) is 12.4 Å². The third kappa shape index (κ3) is 14.4. The second-order valence-corrected chi connectivity index (χ2v) is 29.7. The van der Waals surface area contributed by atoms with Gasteiger partial charge in [-0.25, -0.2) is 24.1 Å². The molecular formula is C65H84Cl3N11O6S.